The Labute approximate surface area is 162 Å². The molecule has 0 bridgehead atoms. The normalized spacial score (nSPS) is 11.1. The maximum atomic E-state index is 12.3. The van der Waals surface area contributed by atoms with Crippen LogP contribution in [-0.4, -0.2) is 50.4 Å². The number of nitrogens with one attached hydrogen (secondary N) is 3. The third-order valence-corrected chi connectivity index (χ3v) is 5.33. The first-order chi connectivity index (χ1) is 13.2. The topological polar surface area (TPSA) is 139 Å². The number of amides is 1. The number of nitrogens with zero attached hydrogens (tertiary/aromatic N) is 1. The molecule has 0 atom stereocenters. The van der Waals surface area contributed by atoms with Gasteiger partial charge in [0.2, 0.25) is 10.0 Å². The van der Waals surface area contributed by atoms with Crippen LogP contribution in [0, 0.1) is 13.8 Å². The Morgan fingerprint density at radius 2 is 1.82 bits per heavy atom. The van der Waals surface area contributed by atoms with Crippen LogP contribution < -0.4 is 14.8 Å². The van der Waals surface area contributed by atoms with Crippen molar-refractivity contribution in [3.63, 3.8) is 0 Å². The number of ether oxygens (including phenoxy) is 2. The molecule has 11 heteroatoms. The summed E-state index contributed by atoms with van der Waals surface area (Å²) in [6, 6.07) is 5.87. The highest BCUT2D eigenvalue weighted by molar-refractivity contribution is 7.89. The quantitative estimate of drug-likeness (QED) is 0.338. The van der Waals surface area contributed by atoms with E-state index in [1.54, 1.807) is 20.8 Å². The number of carbonyl (C=O) groups excluding carboxylic acids is 2. The molecule has 1 amide bonds. The molecule has 0 aliphatic heterocycles. The number of aromatic amines is 1. The summed E-state index contributed by atoms with van der Waals surface area (Å²) >= 11 is 0. The van der Waals surface area contributed by atoms with Gasteiger partial charge in [0.1, 0.15) is 10.6 Å². The van der Waals surface area contributed by atoms with Crippen LogP contribution in [0.3, 0.4) is 0 Å². The minimum Gasteiger partial charge on any atom is -0.434 e. The van der Waals surface area contributed by atoms with Gasteiger partial charge in [0, 0.05) is 18.7 Å². The molecule has 1 heterocycles. The molecule has 2 rings (SSSR count). The number of aryl methyl sites for hydroxylation is 2. The molecule has 0 radical (unpaired) electrons. The van der Waals surface area contributed by atoms with E-state index in [4.69, 9.17) is 4.74 Å². The summed E-state index contributed by atoms with van der Waals surface area (Å²) in [5.74, 6) is -0.147. The fourth-order valence-corrected chi connectivity index (χ4v) is 3.79. The first-order valence-corrected chi connectivity index (χ1v) is 9.97. The molecule has 0 fully saturated rings. The van der Waals surface area contributed by atoms with Gasteiger partial charge >= 0.3 is 6.16 Å². The van der Waals surface area contributed by atoms with Crippen LogP contribution in [0.4, 0.5) is 4.79 Å². The molecule has 3 N–H and O–H groups in total. The number of H-pyrrole nitrogens is 1. The molecule has 0 aliphatic carbocycles. The number of hydrogen-bond acceptors (Lipinski definition) is 7. The maximum Gasteiger partial charge on any atom is 0.513 e. The SMILES string of the molecule is CCOC(=O)Oc1ccc(C(=O)NCCNS(=O)(=O)c2c(C)n[nH]c2C)cc1. The van der Waals surface area contributed by atoms with Crippen molar-refractivity contribution in [1.82, 2.24) is 20.2 Å². The minimum atomic E-state index is -3.72. The molecule has 1 aromatic heterocycles. The van der Waals surface area contributed by atoms with Crippen molar-refractivity contribution in [1.29, 1.82) is 0 Å². The second-order valence-corrected chi connectivity index (χ2v) is 7.43. The van der Waals surface area contributed by atoms with Crippen LogP contribution >= 0.6 is 0 Å². The van der Waals surface area contributed by atoms with Crippen molar-refractivity contribution in [3.8, 4) is 5.75 Å². The second-order valence-electron chi connectivity index (χ2n) is 5.73. The zero-order chi connectivity index (χ0) is 20.7. The van der Waals surface area contributed by atoms with Crippen LogP contribution in [-0.2, 0) is 14.8 Å². The molecule has 0 aliphatic rings. The van der Waals surface area contributed by atoms with Gasteiger partial charge in [0.05, 0.1) is 18.0 Å². The molecular formula is C17H22N4O6S. The van der Waals surface area contributed by atoms with E-state index in [1.165, 1.54) is 24.3 Å². The van der Waals surface area contributed by atoms with Crippen LogP contribution in [0.2, 0.25) is 0 Å². The lowest BCUT2D eigenvalue weighted by atomic mass is 10.2. The van der Waals surface area contributed by atoms with E-state index in [-0.39, 0.29) is 30.3 Å². The van der Waals surface area contributed by atoms with Crippen molar-refractivity contribution in [3.05, 3.63) is 41.2 Å². The van der Waals surface area contributed by atoms with Gasteiger partial charge in [-0.3, -0.25) is 9.89 Å². The number of sulfonamides is 1. The third kappa shape index (κ3) is 5.54. The Bertz CT molecular complexity index is 918. The van der Waals surface area contributed by atoms with Crippen LogP contribution in [0.25, 0.3) is 0 Å². The molecule has 10 nitrogen and oxygen atoms in total. The smallest absolute Gasteiger partial charge is 0.434 e. The van der Waals surface area contributed by atoms with E-state index >= 15 is 0 Å². The van der Waals surface area contributed by atoms with Crippen LogP contribution in [0.15, 0.2) is 29.2 Å². The van der Waals surface area contributed by atoms with Gasteiger partial charge in [-0.05, 0) is 45.0 Å². The molecule has 1 aromatic carbocycles. The van der Waals surface area contributed by atoms with Gasteiger partial charge < -0.3 is 14.8 Å². The second kappa shape index (κ2) is 9.33. The van der Waals surface area contributed by atoms with Gasteiger partial charge in [-0.1, -0.05) is 0 Å². The van der Waals surface area contributed by atoms with E-state index in [9.17, 15) is 18.0 Å². The highest BCUT2D eigenvalue weighted by Gasteiger charge is 2.21. The Hall–Kier alpha value is -2.92. The fraction of sp³-hybridized carbons (Fsp3) is 0.353. The lowest BCUT2D eigenvalue weighted by Crippen LogP contribution is -2.35. The van der Waals surface area contributed by atoms with E-state index < -0.39 is 22.1 Å². The molecule has 0 saturated heterocycles. The summed E-state index contributed by atoms with van der Waals surface area (Å²) in [7, 11) is -3.72. The monoisotopic (exact) mass is 410 g/mol. The first-order valence-electron chi connectivity index (χ1n) is 8.48. The fourth-order valence-electron chi connectivity index (χ4n) is 2.39. The van der Waals surface area contributed by atoms with Gasteiger partial charge in [0.15, 0.2) is 0 Å². The first kappa shape index (κ1) is 21.4. The zero-order valence-corrected chi connectivity index (χ0v) is 16.6. The summed E-state index contributed by atoms with van der Waals surface area (Å²) in [6.45, 7) is 5.17. The van der Waals surface area contributed by atoms with Gasteiger partial charge in [-0.15, -0.1) is 0 Å². The minimum absolute atomic E-state index is 0.0161. The Morgan fingerprint density at radius 3 is 2.39 bits per heavy atom. The molecule has 28 heavy (non-hydrogen) atoms. The van der Waals surface area contributed by atoms with E-state index in [1.807, 2.05) is 0 Å². The standard InChI is InChI=1S/C17H22N4O6S/c1-4-26-17(23)27-14-7-5-13(6-8-14)16(22)18-9-10-19-28(24,25)15-11(2)20-21-12(15)3/h5-8,19H,4,9-10H2,1-3H3,(H,18,22)(H,20,21). The van der Waals surface area contributed by atoms with Gasteiger partial charge in [0.25, 0.3) is 5.91 Å². The average Bonchev–Trinajstić information content (AvgIpc) is 2.98. The van der Waals surface area contributed by atoms with Crippen molar-refractivity contribution >= 4 is 22.1 Å². The van der Waals surface area contributed by atoms with Crippen molar-refractivity contribution in [2.75, 3.05) is 19.7 Å². The van der Waals surface area contributed by atoms with Crippen molar-refractivity contribution < 1.29 is 27.5 Å². The Morgan fingerprint density at radius 1 is 1.14 bits per heavy atom. The third-order valence-electron chi connectivity index (χ3n) is 3.61. The zero-order valence-electron chi connectivity index (χ0n) is 15.7. The summed E-state index contributed by atoms with van der Waals surface area (Å²) < 4.78 is 36.5. The van der Waals surface area contributed by atoms with Crippen LogP contribution in [0.1, 0.15) is 28.7 Å². The molecule has 0 spiro atoms. The predicted molar refractivity (Wildman–Crippen MR) is 99.7 cm³/mol. The molecule has 0 saturated carbocycles. The van der Waals surface area contributed by atoms with E-state index in [0.29, 0.717) is 17.0 Å². The predicted octanol–water partition coefficient (Wildman–Crippen LogP) is 1.27. The number of aromatic nitrogens is 2. The molecule has 152 valence electrons. The average molecular weight is 410 g/mol. The number of benzene rings is 1. The summed E-state index contributed by atoms with van der Waals surface area (Å²) in [5.41, 5.74) is 1.15. The lowest BCUT2D eigenvalue weighted by Gasteiger charge is -2.09. The van der Waals surface area contributed by atoms with Gasteiger partial charge in [-0.25, -0.2) is 17.9 Å². The van der Waals surface area contributed by atoms with Crippen LogP contribution in [0.5, 0.6) is 5.75 Å². The lowest BCUT2D eigenvalue weighted by molar-refractivity contribution is 0.0954. The van der Waals surface area contributed by atoms with E-state index in [0.717, 1.165) is 0 Å². The largest absolute Gasteiger partial charge is 0.513 e. The highest BCUT2D eigenvalue weighted by Crippen LogP contribution is 2.16. The summed E-state index contributed by atoms with van der Waals surface area (Å²) in [6.07, 6.45) is -0.824. The Balaban J connectivity index is 1.83. The number of carbonyl (C=O) groups is 2. The van der Waals surface area contributed by atoms with Gasteiger partial charge in [-0.2, -0.15) is 5.10 Å². The Kier molecular flexibility index (Phi) is 7.12. The molecule has 2 aromatic rings. The molecule has 0 unspecified atom stereocenters. The highest BCUT2D eigenvalue weighted by atomic mass is 32.2. The number of rotatable bonds is 8. The summed E-state index contributed by atoms with van der Waals surface area (Å²) in [5, 5.41) is 9.08. The summed E-state index contributed by atoms with van der Waals surface area (Å²) in [4.78, 5) is 23.4. The van der Waals surface area contributed by atoms with Crippen molar-refractivity contribution in [2.24, 2.45) is 0 Å². The maximum absolute atomic E-state index is 12.3. The number of hydrogen-bond donors (Lipinski definition) is 3. The van der Waals surface area contributed by atoms with Crippen molar-refractivity contribution in [2.45, 2.75) is 25.7 Å². The molecular weight excluding hydrogens is 388 g/mol. The van der Waals surface area contributed by atoms with E-state index in [2.05, 4.69) is 25.0 Å².